The molecule has 0 bridgehead atoms. The van der Waals surface area contributed by atoms with Crippen LogP contribution >= 0.6 is 22.9 Å². The van der Waals surface area contributed by atoms with E-state index in [0.29, 0.717) is 38.8 Å². The molecular weight excluding hydrogens is 927 g/mol. The summed E-state index contributed by atoms with van der Waals surface area (Å²) >= 11 is 1.93. The molecule has 4 amide bonds. The van der Waals surface area contributed by atoms with E-state index in [2.05, 4.69) is 125 Å². The first-order valence-corrected chi connectivity index (χ1v) is 22.1. The molecule has 1 saturated heterocycles. The second-order valence-electron chi connectivity index (χ2n) is 23.7. The second-order valence-corrected chi connectivity index (χ2v) is 24.3. The molecule has 1 N–H and O–H groups in total. The van der Waals surface area contributed by atoms with Crippen molar-refractivity contribution in [1.82, 2.24) is 8.43 Å². The summed E-state index contributed by atoms with van der Waals surface area (Å²) in [6.45, 7) is 43.5. The van der Waals surface area contributed by atoms with E-state index in [0.717, 1.165) is 18.4 Å². The van der Waals surface area contributed by atoms with Gasteiger partial charge in [-0.3, -0.25) is 22.8 Å². The molecule has 333 valence electrons. The quantitative estimate of drug-likeness (QED) is 0.0606. The van der Waals surface area contributed by atoms with Crippen molar-refractivity contribution in [3.05, 3.63) is 40.7 Å². The summed E-state index contributed by atoms with van der Waals surface area (Å²) in [7, 11) is 0. The number of carbonyl (C=O) groups excluding carboxylic acids is 4. The number of rotatable bonds is 20. The number of nitrogens with one attached hydrogen (secondary N) is 1. The molecule has 0 aliphatic carbocycles. The molecule has 0 saturated carbocycles. The normalized spacial score (nSPS) is 15.4. The Morgan fingerprint density at radius 3 is 1.52 bits per heavy atom. The molecule has 8 nitrogen and oxygen atoms in total. The van der Waals surface area contributed by atoms with Gasteiger partial charge in [0.25, 0.3) is 0 Å². The van der Waals surface area contributed by atoms with E-state index < -0.39 is 27.4 Å². The monoisotopic (exact) mass is 1010 g/mol. The molecule has 1 radical (unpaired) electrons. The molecule has 0 aromatic heterocycles. The molecule has 58 heavy (non-hydrogen) atoms. The first kappa shape index (κ1) is 54.6. The molecule has 2 rings (SSSR count). The molecule has 0 unspecified atom stereocenters. The van der Waals surface area contributed by atoms with Crippen LogP contribution in [0.2, 0.25) is 0 Å². The molecule has 1 aliphatic heterocycles. The Labute approximate surface area is 381 Å². The predicted molar refractivity (Wildman–Crippen MR) is 244 cm³/mol. The van der Waals surface area contributed by atoms with Gasteiger partial charge < -0.3 is 14.8 Å². The van der Waals surface area contributed by atoms with Crippen LogP contribution in [-0.4, -0.2) is 52.8 Å². The molecular formula is C48H81IN3O5Ru. The zero-order valence-corrected chi connectivity index (χ0v) is 44.0. The number of β-lactam (4-membered cyclic amide) rings is 1. The van der Waals surface area contributed by atoms with E-state index in [1.165, 1.54) is 10.5 Å². The number of halogens is 1. The number of likely N-dealkylation sites (tertiary alicyclic amines) is 1. The third-order valence-corrected chi connectivity index (χ3v) is 14.5. The van der Waals surface area contributed by atoms with Gasteiger partial charge in [0, 0.05) is 35.8 Å². The van der Waals surface area contributed by atoms with E-state index in [1.807, 2.05) is 64.4 Å². The van der Waals surface area contributed by atoms with Crippen LogP contribution in [0.25, 0.3) is 5.32 Å². The third-order valence-electron chi connectivity index (χ3n) is 14.0. The maximum atomic E-state index is 14.1. The zero-order chi connectivity index (χ0) is 44.6. The van der Waals surface area contributed by atoms with Crippen molar-refractivity contribution in [2.45, 2.75) is 199 Å². The van der Waals surface area contributed by atoms with Crippen LogP contribution in [0.5, 0.6) is 0 Å². The van der Waals surface area contributed by atoms with Crippen molar-refractivity contribution in [2.75, 3.05) is 13.2 Å². The first-order chi connectivity index (χ1) is 25.3. The summed E-state index contributed by atoms with van der Waals surface area (Å²) in [6, 6.07) is 8.66. The topological polar surface area (TPSA) is 107 Å². The van der Waals surface area contributed by atoms with Crippen molar-refractivity contribution < 1.29 is 43.4 Å². The number of ether oxygens (including phenoxy) is 1. The maximum absolute atomic E-state index is 14.1. The smallest absolute Gasteiger partial charge is 0.648 e. The van der Waals surface area contributed by atoms with Gasteiger partial charge in [0.15, 0.2) is 0 Å². The Morgan fingerprint density at radius 1 is 0.655 bits per heavy atom. The van der Waals surface area contributed by atoms with Gasteiger partial charge in [-0.05, 0) is 77.7 Å². The van der Waals surface area contributed by atoms with E-state index in [-0.39, 0.29) is 70.2 Å². The largest absolute Gasteiger partial charge is 1.00 e. The SMILES string of the molecule is CC(C)(CC(C)(C)c1ccc(C(C)(C)CC(C)(C)C(=O)N2CCC2=O)cc1)[N-]C(=O)C(C)(C)CC(C)(C)C(C)(C)OCCC(C)(C)C(C)(C)CC(C)(C)C(=O)NI.[Ru+]. The van der Waals surface area contributed by atoms with Crippen LogP contribution in [-0.2, 0) is 54.2 Å². The summed E-state index contributed by atoms with van der Waals surface area (Å²) in [5, 5.41) is 4.90. The van der Waals surface area contributed by atoms with Gasteiger partial charge in [0.2, 0.25) is 17.7 Å². The van der Waals surface area contributed by atoms with Crippen molar-refractivity contribution in [3.8, 4) is 0 Å². The molecule has 0 atom stereocenters. The minimum Gasteiger partial charge on any atom is -0.648 e. The summed E-state index contributed by atoms with van der Waals surface area (Å²) in [4.78, 5) is 53.2. The van der Waals surface area contributed by atoms with Crippen molar-refractivity contribution in [2.24, 2.45) is 32.5 Å². The zero-order valence-electron chi connectivity index (χ0n) is 40.1. The fraction of sp³-hybridized carbons (Fsp3) is 0.792. The number of nitrogens with zero attached hydrogens (tertiary/aromatic N) is 2. The number of benzene rings is 1. The Morgan fingerprint density at radius 2 is 1.10 bits per heavy atom. The maximum Gasteiger partial charge on any atom is 1.00 e. The molecule has 1 aromatic rings. The van der Waals surface area contributed by atoms with Crippen LogP contribution in [0.4, 0.5) is 0 Å². The summed E-state index contributed by atoms with van der Waals surface area (Å²) in [5.74, 6) is -0.224. The van der Waals surface area contributed by atoms with Gasteiger partial charge in [0.05, 0.1) is 34.4 Å². The molecule has 1 aromatic carbocycles. The van der Waals surface area contributed by atoms with Crippen LogP contribution in [0, 0.1) is 32.5 Å². The number of amides is 4. The summed E-state index contributed by atoms with van der Waals surface area (Å²) < 4.78 is 9.49. The Hall–Kier alpha value is -1.39. The van der Waals surface area contributed by atoms with Gasteiger partial charge >= 0.3 is 19.5 Å². The average Bonchev–Trinajstić information content (AvgIpc) is 3.01. The number of imide groups is 1. The minimum absolute atomic E-state index is 0. The predicted octanol–water partition coefficient (Wildman–Crippen LogP) is 12.0. The van der Waals surface area contributed by atoms with Gasteiger partial charge in [0.1, 0.15) is 0 Å². The van der Waals surface area contributed by atoms with Gasteiger partial charge in [-0.1, -0.05) is 155 Å². The molecule has 1 fully saturated rings. The second kappa shape index (κ2) is 18.5. The number of hydrogen-bond donors (Lipinski definition) is 1. The van der Waals surface area contributed by atoms with Crippen LogP contribution in [0.3, 0.4) is 0 Å². The van der Waals surface area contributed by atoms with Crippen LogP contribution in [0.15, 0.2) is 24.3 Å². The average molecular weight is 1010 g/mol. The molecule has 10 heteroatoms. The third kappa shape index (κ3) is 13.3. The van der Waals surface area contributed by atoms with Gasteiger partial charge in [-0.25, -0.2) is 0 Å². The number of hydrogen-bond acceptors (Lipinski definition) is 5. The summed E-state index contributed by atoms with van der Waals surface area (Å²) in [5.41, 5.74) is -1.74. The summed E-state index contributed by atoms with van der Waals surface area (Å²) in [6.07, 6.45) is 3.95. The van der Waals surface area contributed by atoms with E-state index in [9.17, 15) is 19.2 Å². The van der Waals surface area contributed by atoms with Crippen molar-refractivity contribution in [3.63, 3.8) is 0 Å². The van der Waals surface area contributed by atoms with Crippen LogP contribution < -0.4 is 3.53 Å². The Kier molecular flexibility index (Phi) is 17.5. The Bertz CT molecular complexity index is 1620. The van der Waals surface area contributed by atoms with Crippen LogP contribution in [0.1, 0.15) is 188 Å². The van der Waals surface area contributed by atoms with Gasteiger partial charge in [-0.2, -0.15) is 0 Å². The first-order valence-electron chi connectivity index (χ1n) is 21.1. The number of carbonyl (C=O) groups is 4. The fourth-order valence-electron chi connectivity index (χ4n) is 9.24. The minimum atomic E-state index is -0.705. The van der Waals surface area contributed by atoms with E-state index >= 15 is 0 Å². The van der Waals surface area contributed by atoms with Crippen molar-refractivity contribution in [1.29, 1.82) is 0 Å². The van der Waals surface area contributed by atoms with Gasteiger partial charge in [-0.15, -0.1) is 5.54 Å². The molecule has 1 heterocycles. The molecule has 1 aliphatic rings. The van der Waals surface area contributed by atoms with E-state index in [1.54, 1.807) is 0 Å². The van der Waals surface area contributed by atoms with E-state index in [4.69, 9.17) is 10.1 Å². The Balaban J connectivity index is 0.0000168. The standard InChI is InChI=1S/C48H82IN3O5.Ru/c1-39(2,29-43(9,10)38(56)52-27-25-35(52)53)33-21-23-34(24-22-33)40(3,4)32-47(17,18)50-36(54)41(5,6)31-46(15,16)48(19,20)57-28-26-44(11,12)45(13,14)30-42(7,8)37(55)51-49;/h21-24H,25-32H2,1-20H3,(H2,50,51,54,55);/q;+1/p-1. The fourth-order valence-corrected chi connectivity index (χ4v) is 9.97. The van der Waals surface area contributed by atoms with Crippen molar-refractivity contribution >= 4 is 46.5 Å². The molecule has 0 spiro atoms.